The second kappa shape index (κ2) is 10.3. The van der Waals surface area contributed by atoms with Crippen LogP contribution in [0.5, 0.6) is 0 Å². The molecule has 6 heteroatoms. The van der Waals surface area contributed by atoms with Gasteiger partial charge in [0.2, 0.25) is 0 Å². The van der Waals surface area contributed by atoms with Gasteiger partial charge >= 0.3 is 0 Å². The predicted molar refractivity (Wildman–Crippen MR) is 135 cm³/mol. The van der Waals surface area contributed by atoms with Crippen molar-refractivity contribution in [2.24, 2.45) is 0 Å². The molecule has 0 aliphatic rings. The number of pyridine rings is 1. The molecule has 2 N–H and O–H groups in total. The zero-order valence-corrected chi connectivity index (χ0v) is 19.4. The normalized spacial score (nSPS) is 11.0. The number of fused-ring (bicyclic) bond motifs is 2. The summed E-state index contributed by atoms with van der Waals surface area (Å²) in [6, 6.07) is 22.8. The van der Waals surface area contributed by atoms with E-state index in [2.05, 4.69) is 71.9 Å². The fraction of sp³-hybridized carbons (Fsp3) is 0.208. The molecule has 0 bridgehead atoms. The van der Waals surface area contributed by atoms with Crippen molar-refractivity contribution in [3.63, 3.8) is 0 Å². The summed E-state index contributed by atoms with van der Waals surface area (Å²) in [5.41, 5.74) is 3.20. The minimum Gasteiger partial charge on any atom is -0.383 e. The van der Waals surface area contributed by atoms with Gasteiger partial charge in [0.1, 0.15) is 0 Å². The number of nitrogens with zero attached hydrogens (tertiary/aromatic N) is 1. The van der Waals surface area contributed by atoms with Crippen LogP contribution in [0, 0.1) is 0 Å². The third-order valence-corrected chi connectivity index (χ3v) is 5.30. The lowest BCUT2D eigenvalue weighted by molar-refractivity contribution is 0.408. The van der Waals surface area contributed by atoms with Crippen LogP contribution in [-0.4, -0.2) is 17.1 Å². The first kappa shape index (κ1) is 24.2. The van der Waals surface area contributed by atoms with Gasteiger partial charge in [0.15, 0.2) is 0 Å². The van der Waals surface area contributed by atoms with Crippen LogP contribution in [0.3, 0.4) is 0 Å². The van der Waals surface area contributed by atoms with Crippen molar-refractivity contribution in [1.82, 2.24) is 10.3 Å². The van der Waals surface area contributed by atoms with E-state index >= 15 is 0 Å². The van der Waals surface area contributed by atoms with Crippen molar-refractivity contribution in [3.05, 3.63) is 83.5 Å². The average molecular weight is 463 g/mol. The molecule has 0 radical (unpaired) electrons. The minimum atomic E-state index is -0.0844. The number of hydrogen-bond donors (Lipinski definition) is 2. The molecule has 0 saturated carbocycles. The standard InChI is InChI=1S/C24H24ClN3.2ClH/c1-24(2,28-15-18-8-5-7-17-6-3-4-9-20(17)18)16-27-22-12-13-26-23-14-19(25)10-11-21(22)23;;/h3-14,28H,15-16H2,1-2H3,(H,26,27);2*1H. The Morgan fingerprint density at radius 2 is 1.67 bits per heavy atom. The van der Waals surface area contributed by atoms with E-state index in [0.717, 1.165) is 29.7 Å². The SMILES string of the molecule is CC(C)(CNc1ccnc2cc(Cl)ccc12)NCc1cccc2ccccc12.Cl.Cl. The largest absolute Gasteiger partial charge is 0.383 e. The highest BCUT2D eigenvalue weighted by Gasteiger charge is 2.17. The van der Waals surface area contributed by atoms with E-state index in [9.17, 15) is 0 Å². The molecule has 0 atom stereocenters. The summed E-state index contributed by atoms with van der Waals surface area (Å²) in [5.74, 6) is 0. The van der Waals surface area contributed by atoms with E-state index in [0.29, 0.717) is 5.02 Å². The van der Waals surface area contributed by atoms with Crippen molar-refractivity contribution >= 4 is 63.8 Å². The van der Waals surface area contributed by atoms with E-state index in [-0.39, 0.29) is 30.4 Å². The summed E-state index contributed by atoms with van der Waals surface area (Å²) < 4.78 is 0. The van der Waals surface area contributed by atoms with Gasteiger partial charge in [-0.05, 0) is 54.4 Å². The molecule has 0 saturated heterocycles. The molecule has 1 aromatic heterocycles. The summed E-state index contributed by atoms with van der Waals surface area (Å²) in [5, 5.41) is 11.6. The molecule has 0 fully saturated rings. The van der Waals surface area contributed by atoms with Gasteiger partial charge in [0.25, 0.3) is 0 Å². The van der Waals surface area contributed by atoms with Gasteiger partial charge in [-0.25, -0.2) is 0 Å². The third kappa shape index (κ3) is 5.55. The summed E-state index contributed by atoms with van der Waals surface area (Å²) in [6.45, 7) is 6.04. The Hall–Kier alpha value is -2.04. The second-order valence-corrected chi connectivity index (χ2v) is 8.19. The van der Waals surface area contributed by atoms with Crippen LogP contribution in [0.15, 0.2) is 72.9 Å². The highest BCUT2D eigenvalue weighted by molar-refractivity contribution is 6.31. The van der Waals surface area contributed by atoms with Crippen LogP contribution in [-0.2, 0) is 6.54 Å². The van der Waals surface area contributed by atoms with Gasteiger partial charge in [0, 0.05) is 40.9 Å². The van der Waals surface area contributed by atoms with Gasteiger partial charge in [-0.1, -0.05) is 54.1 Å². The van der Waals surface area contributed by atoms with E-state index in [1.807, 2.05) is 30.5 Å². The Bertz CT molecular complexity index is 1120. The minimum absolute atomic E-state index is 0. The van der Waals surface area contributed by atoms with E-state index in [4.69, 9.17) is 11.6 Å². The topological polar surface area (TPSA) is 37.0 Å². The molecule has 1 heterocycles. The highest BCUT2D eigenvalue weighted by Crippen LogP contribution is 2.25. The highest BCUT2D eigenvalue weighted by atomic mass is 35.5. The maximum absolute atomic E-state index is 6.09. The zero-order chi connectivity index (χ0) is 19.6. The number of aromatic nitrogens is 1. The van der Waals surface area contributed by atoms with Crippen molar-refractivity contribution < 1.29 is 0 Å². The van der Waals surface area contributed by atoms with Crippen LogP contribution in [0.2, 0.25) is 5.02 Å². The molecule has 4 rings (SSSR count). The van der Waals surface area contributed by atoms with Crippen molar-refractivity contribution in [2.45, 2.75) is 25.9 Å². The number of rotatable bonds is 6. The van der Waals surface area contributed by atoms with Gasteiger partial charge in [-0.2, -0.15) is 0 Å². The Morgan fingerprint density at radius 1 is 0.900 bits per heavy atom. The van der Waals surface area contributed by atoms with Gasteiger partial charge in [-0.3, -0.25) is 4.98 Å². The first-order valence-corrected chi connectivity index (χ1v) is 9.89. The van der Waals surface area contributed by atoms with Crippen LogP contribution < -0.4 is 10.6 Å². The summed E-state index contributed by atoms with van der Waals surface area (Å²) in [6.07, 6.45) is 1.82. The van der Waals surface area contributed by atoms with Crippen LogP contribution >= 0.6 is 36.4 Å². The summed E-state index contributed by atoms with van der Waals surface area (Å²) in [7, 11) is 0. The van der Waals surface area contributed by atoms with Crippen LogP contribution in [0.25, 0.3) is 21.7 Å². The molecule has 0 unspecified atom stereocenters. The van der Waals surface area contributed by atoms with Crippen molar-refractivity contribution in [1.29, 1.82) is 0 Å². The smallest absolute Gasteiger partial charge is 0.0737 e. The molecule has 0 spiro atoms. The van der Waals surface area contributed by atoms with Gasteiger partial charge in [0.05, 0.1) is 5.52 Å². The van der Waals surface area contributed by atoms with E-state index in [1.165, 1.54) is 16.3 Å². The van der Waals surface area contributed by atoms with Crippen molar-refractivity contribution in [3.8, 4) is 0 Å². The third-order valence-electron chi connectivity index (χ3n) is 5.06. The lowest BCUT2D eigenvalue weighted by Crippen LogP contribution is -2.44. The summed E-state index contributed by atoms with van der Waals surface area (Å²) in [4.78, 5) is 4.41. The molecule has 0 aliphatic carbocycles. The molecule has 30 heavy (non-hydrogen) atoms. The lowest BCUT2D eigenvalue weighted by Gasteiger charge is -2.28. The maximum atomic E-state index is 6.09. The first-order chi connectivity index (χ1) is 13.5. The second-order valence-electron chi connectivity index (χ2n) is 7.75. The summed E-state index contributed by atoms with van der Waals surface area (Å²) >= 11 is 6.09. The number of hydrogen-bond acceptors (Lipinski definition) is 3. The van der Waals surface area contributed by atoms with Crippen molar-refractivity contribution in [2.75, 3.05) is 11.9 Å². The Balaban J connectivity index is 0.00000160. The number of nitrogens with one attached hydrogen (secondary N) is 2. The van der Waals surface area contributed by atoms with Gasteiger partial charge < -0.3 is 10.6 Å². The monoisotopic (exact) mass is 461 g/mol. The lowest BCUT2D eigenvalue weighted by atomic mass is 10.0. The van der Waals surface area contributed by atoms with E-state index in [1.54, 1.807) is 0 Å². The molecule has 3 aromatic carbocycles. The molecule has 0 aliphatic heterocycles. The number of benzene rings is 3. The van der Waals surface area contributed by atoms with Crippen LogP contribution in [0.1, 0.15) is 19.4 Å². The molecule has 0 amide bonds. The first-order valence-electron chi connectivity index (χ1n) is 9.52. The van der Waals surface area contributed by atoms with Gasteiger partial charge in [-0.15, -0.1) is 24.8 Å². The van der Waals surface area contributed by atoms with E-state index < -0.39 is 0 Å². The average Bonchev–Trinajstić information content (AvgIpc) is 2.70. The maximum Gasteiger partial charge on any atom is 0.0737 e. The zero-order valence-electron chi connectivity index (χ0n) is 17.0. The fourth-order valence-corrected chi connectivity index (χ4v) is 3.60. The quantitative estimate of drug-likeness (QED) is 0.328. The molecule has 4 aromatic rings. The predicted octanol–water partition coefficient (Wildman–Crippen LogP) is 6.87. The molecular formula is C24H26Cl3N3. The number of halogens is 3. The Morgan fingerprint density at radius 3 is 2.50 bits per heavy atom. The Labute approximate surface area is 195 Å². The molecule has 158 valence electrons. The number of anilines is 1. The Kier molecular flexibility index (Phi) is 8.34. The molecule has 3 nitrogen and oxygen atoms in total. The van der Waals surface area contributed by atoms with Crippen LogP contribution in [0.4, 0.5) is 5.69 Å². The molecular weight excluding hydrogens is 437 g/mol. The fourth-order valence-electron chi connectivity index (χ4n) is 3.44.